The average molecular weight is 334 g/mol. The monoisotopic (exact) mass is 333 g/mol. The number of anilines is 1. The van der Waals surface area contributed by atoms with Gasteiger partial charge in [0.05, 0.1) is 16.4 Å². The summed E-state index contributed by atoms with van der Waals surface area (Å²) in [6, 6.07) is 11.7. The maximum absolute atomic E-state index is 12.2. The summed E-state index contributed by atoms with van der Waals surface area (Å²) in [5.41, 5.74) is 1.69. The molecule has 0 aliphatic carbocycles. The van der Waals surface area contributed by atoms with Gasteiger partial charge >= 0.3 is 0 Å². The van der Waals surface area contributed by atoms with E-state index in [0.29, 0.717) is 21.3 Å². The lowest BCUT2D eigenvalue weighted by molar-refractivity contribution is 0.102. The van der Waals surface area contributed by atoms with Crippen molar-refractivity contribution in [3.8, 4) is 5.69 Å². The van der Waals surface area contributed by atoms with E-state index in [4.69, 9.17) is 23.2 Å². The van der Waals surface area contributed by atoms with Crippen molar-refractivity contribution in [3.05, 3.63) is 64.4 Å². The minimum absolute atomic E-state index is 0.285. The van der Waals surface area contributed by atoms with Crippen molar-refractivity contribution < 1.29 is 4.79 Å². The number of hydrogen-bond acceptors (Lipinski definition) is 4. The molecule has 3 aromatic rings. The molecule has 0 aliphatic heterocycles. The van der Waals surface area contributed by atoms with Crippen molar-refractivity contribution >= 4 is 34.8 Å². The highest BCUT2D eigenvalue weighted by Crippen LogP contribution is 2.25. The normalized spacial score (nSPS) is 10.5. The van der Waals surface area contributed by atoms with Crippen LogP contribution in [0.3, 0.4) is 0 Å². The summed E-state index contributed by atoms with van der Waals surface area (Å²) in [5, 5.41) is 14.5. The van der Waals surface area contributed by atoms with Crippen LogP contribution in [-0.2, 0) is 0 Å². The van der Waals surface area contributed by atoms with E-state index >= 15 is 0 Å². The number of amides is 1. The van der Waals surface area contributed by atoms with Gasteiger partial charge in [0.25, 0.3) is 5.91 Å². The van der Waals surface area contributed by atoms with E-state index in [1.807, 2.05) is 0 Å². The van der Waals surface area contributed by atoms with E-state index in [0.717, 1.165) is 5.69 Å². The molecule has 1 heterocycles. The molecule has 0 spiro atoms. The van der Waals surface area contributed by atoms with Crippen molar-refractivity contribution in [1.29, 1.82) is 0 Å². The highest BCUT2D eigenvalue weighted by atomic mass is 35.5. The molecule has 1 amide bonds. The number of tetrazole rings is 1. The van der Waals surface area contributed by atoms with E-state index in [1.165, 1.54) is 11.0 Å². The third kappa shape index (κ3) is 3.08. The third-order valence-corrected chi connectivity index (χ3v) is 3.48. The molecule has 0 unspecified atom stereocenters. The van der Waals surface area contributed by atoms with Gasteiger partial charge in [-0.1, -0.05) is 23.2 Å². The molecule has 0 bridgehead atoms. The van der Waals surface area contributed by atoms with Crippen LogP contribution in [0.4, 0.5) is 5.69 Å². The number of benzene rings is 2. The van der Waals surface area contributed by atoms with E-state index in [1.54, 1.807) is 42.5 Å². The van der Waals surface area contributed by atoms with E-state index in [2.05, 4.69) is 20.8 Å². The fourth-order valence-electron chi connectivity index (χ4n) is 1.83. The van der Waals surface area contributed by atoms with Crippen molar-refractivity contribution in [2.45, 2.75) is 0 Å². The van der Waals surface area contributed by atoms with Crippen LogP contribution in [-0.4, -0.2) is 26.1 Å². The van der Waals surface area contributed by atoms with Gasteiger partial charge in [-0.2, -0.15) is 0 Å². The van der Waals surface area contributed by atoms with Gasteiger partial charge in [-0.3, -0.25) is 4.79 Å². The predicted octanol–water partition coefficient (Wildman–Crippen LogP) is 3.22. The molecule has 6 nitrogen and oxygen atoms in total. The molecule has 1 aromatic heterocycles. The summed E-state index contributed by atoms with van der Waals surface area (Å²) in [7, 11) is 0. The Labute approximate surface area is 135 Å². The highest BCUT2D eigenvalue weighted by molar-refractivity contribution is 6.35. The Morgan fingerprint density at radius 2 is 1.86 bits per heavy atom. The molecule has 0 aliphatic rings. The fraction of sp³-hybridized carbons (Fsp3) is 0. The fourth-order valence-corrected chi connectivity index (χ4v) is 2.17. The molecule has 110 valence electrons. The third-order valence-electron chi connectivity index (χ3n) is 2.92. The molecule has 22 heavy (non-hydrogen) atoms. The van der Waals surface area contributed by atoms with Crippen molar-refractivity contribution in [1.82, 2.24) is 20.2 Å². The molecule has 3 rings (SSSR count). The van der Waals surface area contributed by atoms with Crippen molar-refractivity contribution in [2.75, 3.05) is 5.32 Å². The zero-order valence-corrected chi connectivity index (χ0v) is 12.6. The van der Waals surface area contributed by atoms with Crippen LogP contribution in [0.15, 0.2) is 48.8 Å². The summed E-state index contributed by atoms with van der Waals surface area (Å²) < 4.78 is 1.50. The zero-order valence-electron chi connectivity index (χ0n) is 11.1. The number of carbonyl (C=O) groups excluding carboxylic acids is 1. The smallest absolute Gasteiger partial charge is 0.255 e. The molecule has 0 atom stereocenters. The Bertz CT molecular complexity index is 803. The molecular weight excluding hydrogens is 325 g/mol. The van der Waals surface area contributed by atoms with Gasteiger partial charge in [0, 0.05) is 10.6 Å². The topological polar surface area (TPSA) is 72.7 Å². The lowest BCUT2D eigenvalue weighted by Gasteiger charge is -2.08. The van der Waals surface area contributed by atoms with E-state index < -0.39 is 0 Å². The van der Waals surface area contributed by atoms with Crippen LogP contribution in [0.2, 0.25) is 10.0 Å². The van der Waals surface area contributed by atoms with Crippen LogP contribution in [0, 0.1) is 0 Å². The van der Waals surface area contributed by atoms with E-state index in [9.17, 15) is 4.79 Å². The van der Waals surface area contributed by atoms with Crippen molar-refractivity contribution in [3.63, 3.8) is 0 Å². The average Bonchev–Trinajstić information content (AvgIpc) is 3.05. The van der Waals surface area contributed by atoms with Crippen LogP contribution in [0.1, 0.15) is 10.4 Å². The second-order valence-electron chi connectivity index (χ2n) is 4.38. The SMILES string of the molecule is O=C(Nc1cc(Cl)ccc1Cl)c1ccc(-n2cnnn2)cc1. The summed E-state index contributed by atoms with van der Waals surface area (Å²) in [4.78, 5) is 12.2. The number of aromatic nitrogens is 4. The van der Waals surface area contributed by atoms with Gasteiger partial charge in [0.2, 0.25) is 0 Å². The maximum atomic E-state index is 12.2. The molecule has 0 saturated heterocycles. The first-order chi connectivity index (χ1) is 10.6. The standard InChI is InChI=1S/C14H9Cl2N5O/c15-10-3-6-12(16)13(7-10)18-14(22)9-1-4-11(5-2-9)21-8-17-19-20-21/h1-8H,(H,18,22). The Morgan fingerprint density at radius 1 is 1.09 bits per heavy atom. The lowest BCUT2D eigenvalue weighted by Crippen LogP contribution is -2.12. The minimum atomic E-state index is -0.285. The Balaban J connectivity index is 1.79. The number of halogens is 2. The highest BCUT2D eigenvalue weighted by Gasteiger charge is 2.09. The molecule has 0 saturated carbocycles. The first-order valence-corrected chi connectivity index (χ1v) is 6.99. The maximum Gasteiger partial charge on any atom is 0.255 e. The van der Waals surface area contributed by atoms with Crippen molar-refractivity contribution in [2.24, 2.45) is 0 Å². The zero-order chi connectivity index (χ0) is 15.5. The molecule has 8 heteroatoms. The molecule has 0 fully saturated rings. The van der Waals surface area contributed by atoms with Gasteiger partial charge in [-0.05, 0) is 52.9 Å². The second-order valence-corrected chi connectivity index (χ2v) is 5.22. The Kier molecular flexibility index (Phi) is 4.04. The van der Waals surface area contributed by atoms with Crippen LogP contribution >= 0.6 is 23.2 Å². The second kappa shape index (κ2) is 6.13. The molecular formula is C14H9Cl2N5O. The summed E-state index contributed by atoms with van der Waals surface area (Å²) in [5.74, 6) is -0.285. The molecule has 0 radical (unpaired) electrons. The van der Waals surface area contributed by atoms with Gasteiger partial charge in [-0.25, -0.2) is 4.68 Å². The van der Waals surface area contributed by atoms with Gasteiger partial charge < -0.3 is 5.32 Å². The summed E-state index contributed by atoms with van der Waals surface area (Å²) >= 11 is 11.9. The number of nitrogens with one attached hydrogen (secondary N) is 1. The summed E-state index contributed by atoms with van der Waals surface area (Å²) in [6.45, 7) is 0. The number of rotatable bonds is 3. The van der Waals surface area contributed by atoms with Crippen LogP contribution < -0.4 is 5.32 Å². The van der Waals surface area contributed by atoms with Crippen LogP contribution in [0.25, 0.3) is 5.69 Å². The quantitative estimate of drug-likeness (QED) is 0.798. The van der Waals surface area contributed by atoms with E-state index in [-0.39, 0.29) is 5.91 Å². The number of hydrogen-bond donors (Lipinski definition) is 1. The Hall–Kier alpha value is -2.44. The molecule has 1 N–H and O–H groups in total. The first-order valence-electron chi connectivity index (χ1n) is 6.23. The van der Waals surface area contributed by atoms with Gasteiger partial charge in [0.1, 0.15) is 6.33 Å². The summed E-state index contributed by atoms with van der Waals surface area (Å²) in [6.07, 6.45) is 1.47. The molecule has 2 aromatic carbocycles. The first kappa shape index (κ1) is 14.5. The Morgan fingerprint density at radius 3 is 2.55 bits per heavy atom. The van der Waals surface area contributed by atoms with Gasteiger partial charge in [-0.15, -0.1) is 5.10 Å². The lowest BCUT2D eigenvalue weighted by atomic mass is 10.2. The number of nitrogens with zero attached hydrogens (tertiary/aromatic N) is 4. The minimum Gasteiger partial charge on any atom is -0.321 e. The number of carbonyl (C=O) groups is 1. The largest absolute Gasteiger partial charge is 0.321 e. The van der Waals surface area contributed by atoms with Gasteiger partial charge in [0.15, 0.2) is 0 Å². The van der Waals surface area contributed by atoms with Crippen LogP contribution in [0.5, 0.6) is 0 Å². The predicted molar refractivity (Wildman–Crippen MR) is 83.6 cm³/mol.